The van der Waals surface area contributed by atoms with E-state index in [0.29, 0.717) is 23.4 Å². The fraction of sp³-hybridized carbons (Fsp3) is 0.333. The molecule has 1 saturated heterocycles. The largest absolute Gasteiger partial charge is 0.346 e. The van der Waals surface area contributed by atoms with Gasteiger partial charge in [-0.15, -0.1) is 0 Å². The molecule has 1 aliphatic heterocycles. The summed E-state index contributed by atoms with van der Waals surface area (Å²) < 4.78 is 0. The van der Waals surface area contributed by atoms with Crippen LogP contribution in [0.15, 0.2) is 24.3 Å². The molecular formula is C12H12ClNO2. The Morgan fingerprint density at radius 3 is 2.62 bits per heavy atom. The average Bonchev–Trinajstić information content (AvgIpc) is 2.29. The molecule has 84 valence electrons. The summed E-state index contributed by atoms with van der Waals surface area (Å²) in [6, 6.07) is 6.36. The van der Waals surface area contributed by atoms with E-state index in [9.17, 15) is 9.59 Å². The van der Waals surface area contributed by atoms with Crippen LogP contribution in [-0.2, 0) is 4.79 Å². The van der Waals surface area contributed by atoms with Crippen molar-refractivity contribution >= 4 is 23.3 Å². The van der Waals surface area contributed by atoms with E-state index in [1.807, 2.05) is 0 Å². The number of hydrogen-bond acceptors (Lipinski definition) is 2. The third-order valence-corrected chi connectivity index (χ3v) is 2.93. The zero-order chi connectivity index (χ0) is 11.5. The van der Waals surface area contributed by atoms with E-state index in [1.54, 1.807) is 24.3 Å². The van der Waals surface area contributed by atoms with Crippen LogP contribution in [0.5, 0.6) is 0 Å². The van der Waals surface area contributed by atoms with Gasteiger partial charge in [0.05, 0.1) is 6.04 Å². The van der Waals surface area contributed by atoms with Gasteiger partial charge in [-0.3, -0.25) is 9.59 Å². The summed E-state index contributed by atoms with van der Waals surface area (Å²) in [5.41, 5.74) is 0.594. The van der Waals surface area contributed by atoms with Crippen LogP contribution in [-0.4, -0.2) is 17.7 Å². The lowest BCUT2D eigenvalue weighted by Gasteiger charge is -2.21. The minimum atomic E-state index is -0.373. The standard InChI is InChI=1S/C12H12ClNO2/c13-9-6-4-8(5-7-9)12(16)10-2-1-3-11(15)14-10/h4-7,10H,1-3H2,(H,14,15). The van der Waals surface area contributed by atoms with Gasteiger partial charge in [-0.2, -0.15) is 0 Å². The molecule has 1 atom stereocenters. The van der Waals surface area contributed by atoms with Gasteiger partial charge in [-0.1, -0.05) is 11.6 Å². The Balaban J connectivity index is 2.12. The van der Waals surface area contributed by atoms with E-state index < -0.39 is 0 Å². The van der Waals surface area contributed by atoms with E-state index >= 15 is 0 Å². The molecule has 1 unspecified atom stereocenters. The van der Waals surface area contributed by atoms with Gasteiger partial charge in [0.15, 0.2) is 5.78 Å². The normalized spacial score (nSPS) is 20.3. The summed E-state index contributed by atoms with van der Waals surface area (Å²) in [4.78, 5) is 23.2. The molecule has 2 rings (SSSR count). The molecule has 0 bridgehead atoms. The fourth-order valence-electron chi connectivity index (χ4n) is 1.82. The van der Waals surface area contributed by atoms with Crippen molar-refractivity contribution in [2.45, 2.75) is 25.3 Å². The van der Waals surface area contributed by atoms with Crippen LogP contribution in [0.25, 0.3) is 0 Å². The number of rotatable bonds is 2. The van der Waals surface area contributed by atoms with E-state index in [0.717, 1.165) is 6.42 Å². The van der Waals surface area contributed by atoms with Crippen LogP contribution in [0.4, 0.5) is 0 Å². The summed E-state index contributed by atoms with van der Waals surface area (Å²) in [6.45, 7) is 0. The molecule has 0 spiro atoms. The van der Waals surface area contributed by atoms with Crippen molar-refractivity contribution in [2.75, 3.05) is 0 Å². The lowest BCUT2D eigenvalue weighted by atomic mass is 9.96. The van der Waals surface area contributed by atoms with Crippen LogP contribution in [0, 0.1) is 0 Å². The molecule has 0 radical (unpaired) electrons. The van der Waals surface area contributed by atoms with Crippen molar-refractivity contribution in [1.82, 2.24) is 5.32 Å². The van der Waals surface area contributed by atoms with Gasteiger partial charge >= 0.3 is 0 Å². The molecule has 3 nitrogen and oxygen atoms in total. The molecule has 0 saturated carbocycles. The Labute approximate surface area is 98.8 Å². The van der Waals surface area contributed by atoms with Crippen LogP contribution < -0.4 is 5.32 Å². The van der Waals surface area contributed by atoms with Crippen molar-refractivity contribution in [2.24, 2.45) is 0 Å². The first kappa shape index (κ1) is 11.1. The number of ketones is 1. The molecule has 16 heavy (non-hydrogen) atoms. The van der Waals surface area contributed by atoms with E-state index in [2.05, 4.69) is 5.32 Å². The zero-order valence-electron chi connectivity index (χ0n) is 8.70. The molecule has 4 heteroatoms. The van der Waals surface area contributed by atoms with Crippen molar-refractivity contribution in [3.8, 4) is 0 Å². The smallest absolute Gasteiger partial charge is 0.220 e. The topological polar surface area (TPSA) is 46.2 Å². The predicted molar refractivity (Wildman–Crippen MR) is 61.6 cm³/mol. The predicted octanol–water partition coefficient (Wildman–Crippen LogP) is 2.19. The maximum Gasteiger partial charge on any atom is 0.220 e. The first-order valence-corrected chi connectivity index (χ1v) is 5.64. The van der Waals surface area contributed by atoms with Crippen LogP contribution in [0.1, 0.15) is 29.6 Å². The number of piperidine rings is 1. The Kier molecular flexibility index (Phi) is 3.25. The minimum absolute atomic E-state index is 0.0373. The highest BCUT2D eigenvalue weighted by atomic mass is 35.5. The lowest BCUT2D eigenvalue weighted by molar-refractivity contribution is -0.122. The second-order valence-corrected chi connectivity index (χ2v) is 4.32. The summed E-state index contributed by atoms with van der Waals surface area (Å²) >= 11 is 5.74. The van der Waals surface area contributed by atoms with Gasteiger partial charge in [0.25, 0.3) is 0 Å². The molecular weight excluding hydrogens is 226 g/mol. The Hall–Kier alpha value is -1.35. The average molecular weight is 238 g/mol. The highest BCUT2D eigenvalue weighted by molar-refractivity contribution is 6.30. The second-order valence-electron chi connectivity index (χ2n) is 3.88. The quantitative estimate of drug-likeness (QED) is 0.802. The van der Waals surface area contributed by atoms with E-state index in [1.165, 1.54) is 0 Å². The monoisotopic (exact) mass is 237 g/mol. The molecule has 1 amide bonds. The van der Waals surface area contributed by atoms with Crippen molar-refractivity contribution in [3.05, 3.63) is 34.9 Å². The molecule has 1 aromatic carbocycles. The highest BCUT2D eigenvalue weighted by Gasteiger charge is 2.25. The number of hydrogen-bond donors (Lipinski definition) is 1. The number of Topliss-reactive ketones (excluding diaryl/α,β-unsaturated/α-hetero) is 1. The number of carbonyl (C=O) groups is 2. The summed E-state index contributed by atoms with van der Waals surface area (Å²) in [6.07, 6.45) is 2.01. The van der Waals surface area contributed by atoms with Crippen LogP contribution in [0.2, 0.25) is 5.02 Å². The molecule has 1 aliphatic rings. The Morgan fingerprint density at radius 1 is 1.31 bits per heavy atom. The molecule has 0 aromatic heterocycles. The van der Waals surface area contributed by atoms with Gasteiger partial charge < -0.3 is 5.32 Å². The molecule has 1 aromatic rings. The Morgan fingerprint density at radius 2 is 2.00 bits per heavy atom. The number of nitrogens with one attached hydrogen (secondary N) is 1. The third-order valence-electron chi connectivity index (χ3n) is 2.68. The lowest BCUT2D eigenvalue weighted by Crippen LogP contribution is -2.43. The molecule has 1 heterocycles. The molecule has 1 N–H and O–H groups in total. The summed E-state index contributed by atoms with van der Waals surface area (Å²) in [5.74, 6) is -0.0803. The molecule has 1 fully saturated rings. The van der Waals surface area contributed by atoms with Crippen LogP contribution in [0.3, 0.4) is 0 Å². The summed E-state index contributed by atoms with van der Waals surface area (Å²) in [7, 11) is 0. The minimum Gasteiger partial charge on any atom is -0.346 e. The third kappa shape index (κ3) is 2.42. The maximum atomic E-state index is 12.0. The van der Waals surface area contributed by atoms with Gasteiger partial charge in [-0.25, -0.2) is 0 Å². The van der Waals surface area contributed by atoms with Gasteiger partial charge in [-0.05, 0) is 37.1 Å². The number of benzene rings is 1. The van der Waals surface area contributed by atoms with Crippen LogP contribution >= 0.6 is 11.6 Å². The Bertz CT molecular complexity index is 414. The molecule has 0 aliphatic carbocycles. The number of halogens is 1. The van der Waals surface area contributed by atoms with Gasteiger partial charge in [0.2, 0.25) is 5.91 Å². The SMILES string of the molecule is O=C1CCCC(C(=O)c2ccc(Cl)cc2)N1. The zero-order valence-corrected chi connectivity index (χ0v) is 9.46. The van der Waals surface area contributed by atoms with E-state index in [4.69, 9.17) is 11.6 Å². The van der Waals surface area contributed by atoms with Gasteiger partial charge in [0.1, 0.15) is 0 Å². The summed E-state index contributed by atoms with van der Waals surface area (Å²) in [5, 5.41) is 3.31. The second kappa shape index (κ2) is 4.66. The maximum absolute atomic E-state index is 12.0. The van der Waals surface area contributed by atoms with Crippen molar-refractivity contribution in [1.29, 1.82) is 0 Å². The first-order valence-electron chi connectivity index (χ1n) is 5.26. The van der Waals surface area contributed by atoms with Crippen molar-refractivity contribution in [3.63, 3.8) is 0 Å². The van der Waals surface area contributed by atoms with E-state index in [-0.39, 0.29) is 17.7 Å². The van der Waals surface area contributed by atoms with Crippen molar-refractivity contribution < 1.29 is 9.59 Å². The number of amides is 1. The highest BCUT2D eigenvalue weighted by Crippen LogP contribution is 2.15. The van der Waals surface area contributed by atoms with Gasteiger partial charge in [0, 0.05) is 17.0 Å². The fourth-order valence-corrected chi connectivity index (χ4v) is 1.94. The first-order chi connectivity index (χ1) is 7.66. The number of carbonyl (C=O) groups excluding carboxylic acids is 2.